The van der Waals surface area contributed by atoms with Crippen LogP contribution in [-0.2, 0) is 9.47 Å². The maximum Gasteiger partial charge on any atom is 0.339 e. The van der Waals surface area contributed by atoms with Crippen LogP contribution < -0.4 is 5.32 Å². The highest BCUT2D eigenvalue weighted by Crippen LogP contribution is 2.22. The predicted octanol–water partition coefficient (Wildman–Crippen LogP) is 2.45. The van der Waals surface area contributed by atoms with Gasteiger partial charge in [-0.1, -0.05) is 12.1 Å². The smallest absolute Gasteiger partial charge is 0.339 e. The Kier molecular flexibility index (Phi) is 4.20. The van der Waals surface area contributed by atoms with E-state index in [0.717, 1.165) is 25.1 Å². The second-order valence-corrected chi connectivity index (χ2v) is 4.58. The van der Waals surface area contributed by atoms with E-state index in [1.165, 1.54) is 7.11 Å². The van der Waals surface area contributed by atoms with Crippen LogP contribution >= 0.6 is 0 Å². The van der Waals surface area contributed by atoms with E-state index < -0.39 is 0 Å². The number of benzene rings is 1. The van der Waals surface area contributed by atoms with Crippen molar-refractivity contribution in [2.45, 2.75) is 31.9 Å². The summed E-state index contributed by atoms with van der Waals surface area (Å²) >= 11 is 0. The zero-order chi connectivity index (χ0) is 13.0. The van der Waals surface area contributed by atoms with E-state index in [-0.39, 0.29) is 12.1 Å². The topological polar surface area (TPSA) is 47.6 Å². The molecule has 0 radical (unpaired) electrons. The fourth-order valence-electron chi connectivity index (χ4n) is 2.25. The van der Waals surface area contributed by atoms with Gasteiger partial charge in [-0.2, -0.15) is 0 Å². The third kappa shape index (κ3) is 3.01. The molecule has 2 unspecified atom stereocenters. The maximum absolute atomic E-state index is 11.7. The minimum absolute atomic E-state index is 0.265. The van der Waals surface area contributed by atoms with Crippen molar-refractivity contribution in [2.75, 3.05) is 19.0 Å². The lowest BCUT2D eigenvalue weighted by Gasteiger charge is -2.29. The first-order valence-electron chi connectivity index (χ1n) is 6.26. The summed E-state index contributed by atoms with van der Waals surface area (Å²) in [6.07, 6.45) is 2.18. The molecular formula is C14H19NO3. The molecule has 1 fully saturated rings. The van der Waals surface area contributed by atoms with E-state index in [9.17, 15) is 4.79 Å². The summed E-state index contributed by atoms with van der Waals surface area (Å²) in [5, 5.41) is 3.41. The van der Waals surface area contributed by atoms with Crippen LogP contribution in [0.25, 0.3) is 0 Å². The maximum atomic E-state index is 11.7. The molecule has 1 heterocycles. The Morgan fingerprint density at radius 1 is 1.44 bits per heavy atom. The standard InChI is InChI=1S/C14H19NO3/c1-10-9-11(7-8-18-10)15-13-6-4-3-5-12(13)14(16)17-2/h3-6,10-11,15H,7-9H2,1-2H3. The molecule has 0 aromatic heterocycles. The van der Waals surface area contributed by atoms with Crippen molar-refractivity contribution < 1.29 is 14.3 Å². The number of anilines is 1. The Balaban J connectivity index is 2.10. The monoisotopic (exact) mass is 249 g/mol. The fraction of sp³-hybridized carbons (Fsp3) is 0.500. The normalized spacial score (nSPS) is 23.4. The first-order valence-corrected chi connectivity index (χ1v) is 6.26. The van der Waals surface area contributed by atoms with Gasteiger partial charge in [-0.3, -0.25) is 0 Å². The number of esters is 1. The minimum atomic E-state index is -0.307. The molecule has 2 atom stereocenters. The van der Waals surface area contributed by atoms with Crippen molar-refractivity contribution in [2.24, 2.45) is 0 Å². The second kappa shape index (κ2) is 5.87. The number of methoxy groups -OCH3 is 1. The molecule has 1 saturated heterocycles. The number of hydrogen-bond acceptors (Lipinski definition) is 4. The number of carbonyl (C=O) groups is 1. The largest absolute Gasteiger partial charge is 0.465 e. The first-order chi connectivity index (χ1) is 8.70. The number of rotatable bonds is 3. The number of para-hydroxylation sites is 1. The molecule has 4 nitrogen and oxygen atoms in total. The highest BCUT2D eigenvalue weighted by atomic mass is 16.5. The second-order valence-electron chi connectivity index (χ2n) is 4.58. The van der Waals surface area contributed by atoms with Gasteiger partial charge in [0.25, 0.3) is 0 Å². The van der Waals surface area contributed by atoms with Gasteiger partial charge in [-0.15, -0.1) is 0 Å². The Morgan fingerprint density at radius 2 is 2.22 bits per heavy atom. The minimum Gasteiger partial charge on any atom is -0.465 e. The van der Waals surface area contributed by atoms with Crippen LogP contribution in [0.2, 0.25) is 0 Å². The molecule has 1 aromatic carbocycles. The van der Waals surface area contributed by atoms with Crippen LogP contribution in [0.4, 0.5) is 5.69 Å². The van der Waals surface area contributed by atoms with Crippen LogP contribution in [-0.4, -0.2) is 31.8 Å². The molecule has 0 amide bonds. The van der Waals surface area contributed by atoms with Gasteiger partial charge in [0.1, 0.15) is 0 Å². The molecular weight excluding hydrogens is 230 g/mol. The molecule has 0 bridgehead atoms. The SMILES string of the molecule is COC(=O)c1ccccc1NC1CCOC(C)C1. The molecule has 0 spiro atoms. The van der Waals surface area contributed by atoms with Crippen LogP contribution in [0.1, 0.15) is 30.1 Å². The Labute approximate surface area is 107 Å². The highest BCUT2D eigenvalue weighted by Gasteiger charge is 2.21. The average Bonchev–Trinajstić information content (AvgIpc) is 2.38. The molecule has 1 N–H and O–H groups in total. The first kappa shape index (κ1) is 12.9. The van der Waals surface area contributed by atoms with Crippen molar-refractivity contribution in [1.82, 2.24) is 0 Å². The summed E-state index contributed by atoms with van der Waals surface area (Å²) in [6, 6.07) is 7.78. The van der Waals surface area contributed by atoms with Crippen LogP contribution in [0.3, 0.4) is 0 Å². The molecule has 2 rings (SSSR count). The lowest BCUT2D eigenvalue weighted by atomic mass is 10.0. The fourth-order valence-corrected chi connectivity index (χ4v) is 2.25. The zero-order valence-electron chi connectivity index (χ0n) is 10.8. The van der Waals surface area contributed by atoms with Gasteiger partial charge >= 0.3 is 5.97 Å². The molecule has 1 aliphatic rings. The van der Waals surface area contributed by atoms with Gasteiger partial charge < -0.3 is 14.8 Å². The summed E-state index contributed by atoms with van der Waals surface area (Å²) in [5.74, 6) is -0.307. The summed E-state index contributed by atoms with van der Waals surface area (Å²) in [4.78, 5) is 11.7. The van der Waals surface area contributed by atoms with Gasteiger partial charge in [-0.05, 0) is 31.9 Å². The lowest BCUT2D eigenvalue weighted by Crippen LogP contribution is -2.33. The molecule has 0 saturated carbocycles. The number of carbonyl (C=O) groups excluding carboxylic acids is 1. The number of hydrogen-bond donors (Lipinski definition) is 1. The van der Waals surface area contributed by atoms with Crippen molar-refractivity contribution in [1.29, 1.82) is 0 Å². The summed E-state index contributed by atoms with van der Waals surface area (Å²) in [6.45, 7) is 2.83. The van der Waals surface area contributed by atoms with Crippen LogP contribution in [0, 0.1) is 0 Å². The van der Waals surface area contributed by atoms with Gasteiger partial charge in [0.05, 0.1) is 18.8 Å². The molecule has 0 aliphatic carbocycles. The van der Waals surface area contributed by atoms with Crippen molar-refractivity contribution >= 4 is 11.7 Å². The van der Waals surface area contributed by atoms with Crippen LogP contribution in [0.5, 0.6) is 0 Å². The van der Waals surface area contributed by atoms with Crippen molar-refractivity contribution in [3.63, 3.8) is 0 Å². The van der Waals surface area contributed by atoms with Crippen LogP contribution in [0.15, 0.2) is 24.3 Å². The van der Waals surface area contributed by atoms with E-state index in [0.29, 0.717) is 11.6 Å². The average molecular weight is 249 g/mol. The molecule has 4 heteroatoms. The van der Waals surface area contributed by atoms with Gasteiger partial charge in [0.2, 0.25) is 0 Å². The van der Waals surface area contributed by atoms with Gasteiger partial charge in [-0.25, -0.2) is 4.79 Å². The third-order valence-electron chi connectivity index (χ3n) is 3.18. The molecule has 1 aliphatic heterocycles. The number of ether oxygens (including phenoxy) is 2. The van der Waals surface area contributed by atoms with E-state index in [2.05, 4.69) is 12.2 Å². The van der Waals surface area contributed by atoms with Crippen molar-refractivity contribution in [3.8, 4) is 0 Å². The lowest BCUT2D eigenvalue weighted by molar-refractivity contribution is 0.0232. The van der Waals surface area contributed by atoms with E-state index in [4.69, 9.17) is 9.47 Å². The van der Waals surface area contributed by atoms with E-state index >= 15 is 0 Å². The van der Waals surface area contributed by atoms with Gasteiger partial charge in [0, 0.05) is 18.3 Å². The Morgan fingerprint density at radius 3 is 2.94 bits per heavy atom. The molecule has 1 aromatic rings. The third-order valence-corrected chi connectivity index (χ3v) is 3.18. The van der Waals surface area contributed by atoms with Gasteiger partial charge in [0.15, 0.2) is 0 Å². The summed E-state index contributed by atoms with van der Waals surface area (Å²) < 4.78 is 10.3. The molecule has 98 valence electrons. The van der Waals surface area contributed by atoms with E-state index in [1.807, 2.05) is 18.2 Å². The highest BCUT2D eigenvalue weighted by molar-refractivity contribution is 5.95. The van der Waals surface area contributed by atoms with Crippen molar-refractivity contribution in [3.05, 3.63) is 29.8 Å². The quantitative estimate of drug-likeness (QED) is 0.836. The molecule has 18 heavy (non-hydrogen) atoms. The zero-order valence-corrected chi connectivity index (χ0v) is 10.8. The predicted molar refractivity (Wildman–Crippen MR) is 69.8 cm³/mol. The Bertz CT molecular complexity index is 419. The summed E-state index contributed by atoms with van der Waals surface area (Å²) in [7, 11) is 1.40. The Hall–Kier alpha value is -1.55. The number of nitrogens with one attached hydrogen (secondary N) is 1. The summed E-state index contributed by atoms with van der Waals surface area (Å²) in [5.41, 5.74) is 1.42. The van der Waals surface area contributed by atoms with E-state index in [1.54, 1.807) is 6.07 Å².